The number of aryl methyl sites for hydroxylation is 2. The normalized spacial score (nSPS) is 11.5. The molecule has 1 aromatic carbocycles. The number of nitrogens with zero attached hydrogens (tertiary/aromatic N) is 6. The molecule has 0 saturated heterocycles. The van der Waals surface area contributed by atoms with E-state index in [0.717, 1.165) is 5.01 Å². The Morgan fingerprint density at radius 2 is 1.91 bits per heavy atom. The van der Waals surface area contributed by atoms with Crippen molar-refractivity contribution in [3.8, 4) is 5.69 Å². The molecule has 6 nitrogen and oxygen atoms in total. The predicted molar refractivity (Wildman–Crippen MR) is 94.4 cm³/mol. The lowest BCUT2D eigenvalue weighted by Gasteiger charge is -2.06. The highest BCUT2D eigenvalue weighted by Gasteiger charge is 2.11. The summed E-state index contributed by atoms with van der Waals surface area (Å²) >= 11 is 17.9. The first kappa shape index (κ1) is 16.4. The van der Waals surface area contributed by atoms with Gasteiger partial charge in [-0.3, -0.25) is 0 Å². The van der Waals surface area contributed by atoms with Crippen LogP contribution in [0.1, 0.15) is 10.7 Å². The first-order valence-corrected chi connectivity index (χ1v) is 8.42. The van der Waals surface area contributed by atoms with Crippen LogP contribution in [0, 0.1) is 13.8 Å². The van der Waals surface area contributed by atoms with E-state index in [-0.39, 0.29) is 0 Å². The van der Waals surface area contributed by atoms with Crippen molar-refractivity contribution in [3.05, 3.63) is 39.1 Å². The van der Waals surface area contributed by atoms with Gasteiger partial charge in [0.1, 0.15) is 10.7 Å². The van der Waals surface area contributed by atoms with Crippen LogP contribution in [0.3, 0.4) is 0 Å². The maximum absolute atomic E-state index is 6.23. The van der Waals surface area contributed by atoms with Crippen LogP contribution in [-0.2, 0) is 0 Å². The molecule has 2 aromatic heterocycles. The van der Waals surface area contributed by atoms with Gasteiger partial charge in [-0.25, -0.2) is 4.68 Å². The highest BCUT2D eigenvalue weighted by atomic mass is 35.5. The third-order valence-electron chi connectivity index (χ3n) is 2.89. The predicted octanol–water partition coefficient (Wildman–Crippen LogP) is 5.35. The van der Waals surface area contributed by atoms with Crippen molar-refractivity contribution in [1.29, 1.82) is 0 Å². The van der Waals surface area contributed by atoms with Crippen LogP contribution in [0.15, 0.2) is 33.5 Å². The SMILES string of the molecule is Cc1nnc(N=Nc2cn(-c3cc(Cl)c(S)cc3Cl)nc2C)s1. The van der Waals surface area contributed by atoms with Crippen LogP contribution < -0.4 is 0 Å². The van der Waals surface area contributed by atoms with Gasteiger partial charge in [0.05, 0.1) is 27.6 Å². The average molecular weight is 385 g/mol. The molecule has 0 unspecified atom stereocenters. The molecule has 2 heterocycles. The summed E-state index contributed by atoms with van der Waals surface area (Å²) in [5, 5.41) is 22.7. The number of hydrogen-bond donors (Lipinski definition) is 1. The van der Waals surface area contributed by atoms with E-state index in [0.29, 0.717) is 37.1 Å². The molecule has 0 radical (unpaired) electrons. The van der Waals surface area contributed by atoms with E-state index >= 15 is 0 Å². The smallest absolute Gasteiger partial charge is 0.237 e. The molecule has 3 aromatic rings. The van der Waals surface area contributed by atoms with Gasteiger partial charge in [-0.05, 0) is 26.0 Å². The molecule has 0 spiro atoms. The Balaban J connectivity index is 1.95. The minimum atomic E-state index is 0.491. The number of thiol groups is 1. The zero-order valence-electron chi connectivity index (χ0n) is 12.0. The van der Waals surface area contributed by atoms with Crippen molar-refractivity contribution in [2.24, 2.45) is 10.2 Å². The van der Waals surface area contributed by atoms with E-state index in [4.69, 9.17) is 23.2 Å². The molecule has 0 fully saturated rings. The summed E-state index contributed by atoms with van der Waals surface area (Å²) in [7, 11) is 0. The van der Waals surface area contributed by atoms with Crippen molar-refractivity contribution < 1.29 is 0 Å². The van der Waals surface area contributed by atoms with E-state index in [1.165, 1.54) is 11.3 Å². The summed E-state index contributed by atoms with van der Waals surface area (Å²) < 4.78 is 1.61. The fraction of sp³-hybridized carbons (Fsp3) is 0.154. The van der Waals surface area contributed by atoms with Gasteiger partial charge in [0, 0.05) is 4.90 Å². The molecular weight excluding hydrogens is 375 g/mol. The summed E-state index contributed by atoms with van der Waals surface area (Å²) in [5.74, 6) is 0. The fourth-order valence-corrected chi connectivity index (χ4v) is 2.98. The molecule has 0 aliphatic heterocycles. The number of rotatable bonds is 3. The second kappa shape index (κ2) is 6.56. The van der Waals surface area contributed by atoms with Crippen LogP contribution in [0.25, 0.3) is 5.69 Å². The number of aromatic nitrogens is 4. The molecule has 0 N–H and O–H groups in total. The van der Waals surface area contributed by atoms with E-state index in [1.807, 2.05) is 13.8 Å². The van der Waals surface area contributed by atoms with E-state index < -0.39 is 0 Å². The minimum Gasteiger partial charge on any atom is -0.237 e. The zero-order chi connectivity index (χ0) is 16.6. The van der Waals surface area contributed by atoms with Crippen molar-refractivity contribution in [3.63, 3.8) is 0 Å². The highest BCUT2D eigenvalue weighted by molar-refractivity contribution is 7.80. The van der Waals surface area contributed by atoms with Gasteiger partial charge in [-0.15, -0.1) is 33.1 Å². The lowest BCUT2D eigenvalue weighted by atomic mass is 10.3. The zero-order valence-corrected chi connectivity index (χ0v) is 15.2. The van der Waals surface area contributed by atoms with Gasteiger partial charge in [-0.2, -0.15) is 5.10 Å². The summed E-state index contributed by atoms with van der Waals surface area (Å²) in [6, 6.07) is 3.37. The average Bonchev–Trinajstić information content (AvgIpc) is 3.07. The Morgan fingerprint density at radius 1 is 1.13 bits per heavy atom. The Morgan fingerprint density at radius 3 is 2.61 bits per heavy atom. The number of hydrogen-bond acceptors (Lipinski definition) is 7. The van der Waals surface area contributed by atoms with Crippen LogP contribution >= 0.6 is 47.2 Å². The first-order valence-electron chi connectivity index (χ1n) is 6.40. The second-order valence-electron chi connectivity index (χ2n) is 4.60. The standard InChI is InChI=1S/C13H10Cl2N6S2/c1-6-10(17-19-13-18-16-7(2)23-13)5-21(20-6)11-3-9(15)12(22)4-8(11)14/h3-5,22H,1-2H3. The summed E-state index contributed by atoms with van der Waals surface area (Å²) in [6.07, 6.45) is 1.72. The molecule has 0 amide bonds. The maximum Gasteiger partial charge on any atom is 0.251 e. The molecule has 0 aliphatic rings. The Kier molecular flexibility index (Phi) is 4.67. The third kappa shape index (κ3) is 3.55. The van der Waals surface area contributed by atoms with Crippen molar-refractivity contribution >= 4 is 58.0 Å². The number of azo groups is 1. The highest BCUT2D eigenvalue weighted by Crippen LogP contribution is 2.31. The van der Waals surface area contributed by atoms with Crippen LogP contribution in [-0.4, -0.2) is 20.0 Å². The molecule has 118 valence electrons. The minimum absolute atomic E-state index is 0.491. The van der Waals surface area contributed by atoms with Crippen molar-refractivity contribution in [2.75, 3.05) is 0 Å². The largest absolute Gasteiger partial charge is 0.251 e. The third-order valence-corrected chi connectivity index (χ3v) is 4.73. The fourth-order valence-electron chi connectivity index (χ4n) is 1.80. The van der Waals surface area contributed by atoms with Crippen molar-refractivity contribution in [2.45, 2.75) is 18.7 Å². The topological polar surface area (TPSA) is 68.3 Å². The Labute approximate surface area is 151 Å². The van der Waals surface area contributed by atoms with Gasteiger partial charge in [-0.1, -0.05) is 34.5 Å². The molecule has 0 saturated carbocycles. The van der Waals surface area contributed by atoms with E-state index in [1.54, 1.807) is 23.0 Å². The van der Waals surface area contributed by atoms with Gasteiger partial charge < -0.3 is 0 Å². The Hall–Kier alpha value is -1.48. The molecule has 10 heteroatoms. The van der Waals surface area contributed by atoms with Crippen LogP contribution in [0.5, 0.6) is 0 Å². The van der Waals surface area contributed by atoms with Gasteiger partial charge in [0.15, 0.2) is 0 Å². The molecule has 23 heavy (non-hydrogen) atoms. The molecule has 0 aliphatic carbocycles. The maximum atomic E-state index is 6.23. The summed E-state index contributed by atoms with van der Waals surface area (Å²) in [4.78, 5) is 0.607. The Bertz CT molecular complexity index is 902. The summed E-state index contributed by atoms with van der Waals surface area (Å²) in [6.45, 7) is 3.69. The van der Waals surface area contributed by atoms with Gasteiger partial charge >= 0.3 is 0 Å². The second-order valence-corrected chi connectivity index (χ2v) is 7.06. The number of halogens is 2. The van der Waals surface area contributed by atoms with Crippen LogP contribution in [0.2, 0.25) is 10.0 Å². The molecule has 0 atom stereocenters. The number of benzene rings is 1. The monoisotopic (exact) mass is 384 g/mol. The molecule has 0 bridgehead atoms. The molecular formula is C13H10Cl2N6S2. The van der Waals surface area contributed by atoms with Gasteiger partial charge in [0.25, 0.3) is 5.13 Å². The lowest BCUT2D eigenvalue weighted by molar-refractivity contribution is 0.861. The van der Waals surface area contributed by atoms with E-state index in [2.05, 4.69) is 38.2 Å². The quantitative estimate of drug-likeness (QED) is 0.488. The lowest BCUT2D eigenvalue weighted by Crippen LogP contribution is -1.96. The first-order chi connectivity index (χ1) is 10.9. The van der Waals surface area contributed by atoms with Gasteiger partial charge in [0.2, 0.25) is 0 Å². The van der Waals surface area contributed by atoms with Crippen LogP contribution in [0.4, 0.5) is 10.8 Å². The van der Waals surface area contributed by atoms with Crippen molar-refractivity contribution in [1.82, 2.24) is 20.0 Å². The molecule has 3 rings (SSSR count). The summed E-state index contributed by atoms with van der Waals surface area (Å²) in [5.41, 5.74) is 1.96. The van der Waals surface area contributed by atoms with E-state index in [9.17, 15) is 0 Å².